The summed E-state index contributed by atoms with van der Waals surface area (Å²) < 4.78 is 11.2. The molecule has 0 N–H and O–H groups in total. The van der Waals surface area contributed by atoms with Crippen LogP contribution in [-0.2, 0) is 0 Å². The highest BCUT2D eigenvalue weighted by atomic mass is 32.1. The molecule has 0 spiro atoms. The van der Waals surface area contributed by atoms with E-state index in [9.17, 15) is 0 Å². The number of fused-ring (bicyclic) bond motifs is 9. The molecule has 3 aromatic heterocycles. The maximum absolute atomic E-state index is 6.13. The molecule has 0 amide bonds. The third-order valence-electron chi connectivity index (χ3n) is 9.19. The summed E-state index contributed by atoms with van der Waals surface area (Å²) in [6.45, 7) is 0. The van der Waals surface area contributed by atoms with E-state index >= 15 is 0 Å². The molecule has 10 aromatic rings. The summed E-state index contributed by atoms with van der Waals surface area (Å²) >= 11 is 1.88. The van der Waals surface area contributed by atoms with Gasteiger partial charge in [0, 0.05) is 53.0 Å². The van der Waals surface area contributed by atoms with E-state index in [0.29, 0.717) is 0 Å². The second-order valence-electron chi connectivity index (χ2n) is 11.7. The molecule has 0 radical (unpaired) electrons. The van der Waals surface area contributed by atoms with Gasteiger partial charge in [-0.3, -0.25) is 0 Å². The fraction of sp³-hybridized carbons (Fsp3) is 0. The van der Waals surface area contributed by atoms with Gasteiger partial charge in [-0.2, -0.15) is 0 Å². The first-order valence-electron chi connectivity index (χ1n) is 15.3. The van der Waals surface area contributed by atoms with Crippen LogP contribution < -0.4 is 0 Å². The Balaban J connectivity index is 1.27. The highest BCUT2D eigenvalue weighted by Crippen LogP contribution is 2.43. The van der Waals surface area contributed by atoms with Gasteiger partial charge in [0.15, 0.2) is 0 Å². The number of nitrogens with zero attached hydrogens (tertiary/aromatic N) is 1. The molecule has 0 unspecified atom stereocenters. The maximum Gasteiger partial charge on any atom is 0.135 e. The summed E-state index contributed by atoms with van der Waals surface area (Å²) in [4.78, 5) is 0. The maximum atomic E-state index is 6.13. The van der Waals surface area contributed by atoms with Gasteiger partial charge in [-0.05, 0) is 65.2 Å². The average molecular weight is 592 g/mol. The molecule has 0 atom stereocenters. The van der Waals surface area contributed by atoms with Gasteiger partial charge in [-0.25, -0.2) is 0 Å². The van der Waals surface area contributed by atoms with Crippen molar-refractivity contribution in [2.24, 2.45) is 0 Å². The first-order chi connectivity index (χ1) is 22.3. The topological polar surface area (TPSA) is 18.1 Å². The fourth-order valence-electron chi connectivity index (χ4n) is 7.11. The van der Waals surface area contributed by atoms with Crippen molar-refractivity contribution in [2.45, 2.75) is 0 Å². The molecule has 3 heteroatoms. The van der Waals surface area contributed by atoms with E-state index in [1.165, 1.54) is 69.9 Å². The fourth-order valence-corrected chi connectivity index (χ4v) is 8.33. The average Bonchev–Trinajstić information content (AvgIpc) is 3.77. The van der Waals surface area contributed by atoms with Gasteiger partial charge >= 0.3 is 0 Å². The number of aromatic nitrogens is 1. The van der Waals surface area contributed by atoms with E-state index in [1.807, 2.05) is 23.5 Å². The van der Waals surface area contributed by atoms with Crippen molar-refractivity contribution >= 4 is 75.3 Å². The predicted molar refractivity (Wildman–Crippen MR) is 192 cm³/mol. The molecule has 45 heavy (non-hydrogen) atoms. The molecule has 0 aliphatic rings. The van der Waals surface area contributed by atoms with Crippen molar-refractivity contribution in [1.29, 1.82) is 0 Å². The molecule has 0 aliphatic carbocycles. The number of benzene rings is 7. The van der Waals surface area contributed by atoms with Gasteiger partial charge in [-0.15, -0.1) is 11.3 Å². The van der Waals surface area contributed by atoms with Crippen LogP contribution in [0.1, 0.15) is 0 Å². The van der Waals surface area contributed by atoms with Gasteiger partial charge in [0.05, 0.1) is 11.0 Å². The van der Waals surface area contributed by atoms with E-state index < -0.39 is 0 Å². The third-order valence-corrected chi connectivity index (χ3v) is 10.4. The Bertz CT molecular complexity index is 2760. The summed E-state index contributed by atoms with van der Waals surface area (Å²) in [5.74, 6) is 0. The van der Waals surface area contributed by atoms with Gasteiger partial charge < -0.3 is 8.98 Å². The van der Waals surface area contributed by atoms with Crippen molar-refractivity contribution in [3.8, 4) is 27.9 Å². The zero-order valence-electron chi connectivity index (χ0n) is 24.2. The van der Waals surface area contributed by atoms with Crippen molar-refractivity contribution in [3.05, 3.63) is 152 Å². The Hall–Kier alpha value is -5.64. The van der Waals surface area contributed by atoms with Crippen LogP contribution in [0.5, 0.6) is 0 Å². The van der Waals surface area contributed by atoms with Crippen LogP contribution in [0.4, 0.5) is 0 Å². The summed E-state index contributed by atoms with van der Waals surface area (Å²) in [6.07, 6.45) is 0. The highest BCUT2D eigenvalue weighted by Gasteiger charge is 2.18. The van der Waals surface area contributed by atoms with Crippen LogP contribution in [0, 0.1) is 0 Å². The SMILES string of the molecule is c1ccc(-c2cc(-n3c4ccccc4c4ccc(-c5ccc6oc7ccccc7c6c5)cc43)cc3c2sc2ccccc23)cc1. The largest absolute Gasteiger partial charge is 0.456 e. The predicted octanol–water partition coefficient (Wildman–Crippen LogP) is 12.4. The third kappa shape index (κ3) is 3.68. The van der Waals surface area contributed by atoms with Gasteiger partial charge in [0.1, 0.15) is 11.2 Å². The lowest BCUT2D eigenvalue weighted by Gasteiger charge is -2.13. The minimum absolute atomic E-state index is 0.917. The number of hydrogen-bond acceptors (Lipinski definition) is 2. The van der Waals surface area contributed by atoms with Crippen molar-refractivity contribution in [2.75, 3.05) is 0 Å². The van der Waals surface area contributed by atoms with E-state index in [1.54, 1.807) is 0 Å². The van der Waals surface area contributed by atoms with Gasteiger partial charge in [0.25, 0.3) is 0 Å². The number of hydrogen-bond donors (Lipinski definition) is 0. The molecule has 210 valence electrons. The van der Waals surface area contributed by atoms with E-state index in [4.69, 9.17) is 4.42 Å². The number of para-hydroxylation sites is 2. The van der Waals surface area contributed by atoms with E-state index in [-0.39, 0.29) is 0 Å². The molecule has 0 saturated heterocycles. The van der Waals surface area contributed by atoms with E-state index in [0.717, 1.165) is 21.9 Å². The second kappa shape index (κ2) is 9.43. The summed E-state index contributed by atoms with van der Waals surface area (Å²) in [5, 5.41) is 7.40. The van der Waals surface area contributed by atoms with Gasteiger partial charge in [0.2, 0.25) is 0 Å². The van der Waals surface area contributed by atoms with Crippen LogP contribution >= 0.6 is 11.3 Å². The minimum Gasteiger partial charge on any atom is -0.456 e. The van der Waals surface area contributed by atoms with Crippen LogP contribution in [0.2, 0.25) is 0 Å². The van der Waals surface area contributed by atoms with Crippen molar-refractivity contribution in [1.82, 2.24) is 4.57 Å². The number of rotatable bonds is 3. The van der Waals surface area contributed by atoms with Crippen LogP contribution in [0.25, 0.3) is 91.9 Å². The first-order valence-corrected chi connectivity index (χ1v) is 16.1. The van der Waals surface area contributed by atoms with Crippen LogP contribution in [-0.4, -0.2) is 4.57 Å². The molecule has 0 fully saturated rings. The molecule has 7 aromatic carbocycles. The van der Waals surface area contributed by atoms with Crippen molar-refractivity contribution in [3.63, 3.8) is 0 Å². The summed E-state index contributed by atoms with van der Waals surface area (Å²) in [7, 11) is 0. The zero-order valence-corrected chi connectivity index (χ0v) is 25.0. The monoisotopic (exact) mass is 591 g/mol. The number of furan rings is 1. The summed E-state index contributed by atoms with van der Waals surface area (Å²) in [5.41, 5.74) is 10.3. The Kier molecular flexibility index (Phi) is 5.19. The Labute approximate surface area is 263 Å². The van der Waals surface area contributed by atoms with Crippen LogP contribution in [0.3, 0.4) is 0 Å². The molecule has 10 rings (SSSR count). The van der Waals surface area contributed by atoms with Crippen LogP contribution in [0.15, 0.2) is 156 Å². The molecule has 0 aliphatic heterocycles. The first kappa shape index (κ1) is 24.8. The van der Waals surface area contributed by atoms with E-state index in [2.05, 4.69) is 144 Å². The molecular formula is C42H25NOS. The smallest absolute Gasteiger partial charge is 0.135 e. The highest BCUT2D eigenvalue weighted by molar-refractivity contribution is 7.26. The standard InChI is InChI=1S/C42H25NOS/c1-2-10-26(11-3-1)34-24-29(25-36-33-14-6-9-17-41(33)45-42(34)36)43-37-15-7-4-12-30(37)31-20-18-28(23-38(31)43)27-19-21-40-35(22-27)32-13-5-8-16-39(32)44-40/h1-25H. The van der Waals surface area contributed by atoms with Gasteiger partial charge in [-0.1, -0.05) is 103 Å². The Morgan fingerprint density at radius 3 is 2.02 bits per heavy atom. The molecule has 0 bridgehead atoms. The lowest BCUT2D eigenvalue weighted by Crippen LogP contribution is -1.95. The number of thiophene rings is 1. The second-order valence-corrected chi connectivity index (χ2v) is 12.8. The molecule has 2 nitrogen and oxygen atoms in total. The zero-order chi connectivity index (χ0) is 29.5. The lowest BCUT2D eigenvalue weighted by molar-refractivity contribution is 0.669. The summed E-state index contributed by atoms with van der Waals surface area (Å²) in [6, 6.07) is 54.9. The Morgan fingerprint density at radius 1 is 0.422 bits per heavy atom. The normalized spacial score (nSPS) is 12.0. The minimum atomic E-state index is 0.917. The molecule has 0 saturated carbocycles. The van der Waals surface area contributed by atoms with Crippen molar-refractivity contribution < 1.29 is 4.42 Å². The Morgan fingerprint density at radius 2 is 1.11 bits per heavy atom. The quantitative estimate of drug-likeness (QED) is 0.200. The molecule has 3 heterocycles. The molecular weight excluding hydrogens is 567 g/mol. The lowest BCUT2D eigenvalue weighted by atomic mass is 10.0.